The van der Waals surface area contributed by atoms with Gasteiger partial charge in [0.1, 0.15) is 0 Å². The second-order valence-electron chi connectivity index (χ2n) is 8.02. The maximum Gasteiger partial charge on any atom is 0.254 e. The number of hydrogen-bond donors (Lipinski definition) is 3. The topological polar surface area (TPSA) is 96.7 Å². The zero-order chi connectivity index (χ0) is 15.7. The van der Waals surface area contributed by atoms with Crippen molar-refractivity contribution in [1.82, 2.24) is 20.3 Å². The Morgan fingerprint density at radius 3 is 2.78 bits per heavy atom. The van der Waals surface area contributed by atoms with E-state index in [4.69, 9.17) is 5.73 Å². The Labute approximate surface area is 134 Å². The van der Waals surface area contributed by atoms with Crippen LogP contribution >= 0.6 is 0 Å². The lowest BCUT2D eigenvalue weighted by Crippen LogP contribution is -2.68. The summed E-state index contributed by atoms with van der Waals surface area (Å²) in [6, 6.07) is 1.76. The maximum atomic E-state index is 12.9. The third kappa shape index (κ3) is 2.01. The van der Waals surface area contributed by atoms with Gasteiger partial charge >= 0.3 is 0 Å². The van der Waals surface area contributed by atoms with Crippen LogP contribution in [0.3, 0.4) is 0 Å². The van der Waals surface area contributed by atoms with E-state index in [2.05, 4.69) is 20.3 Å². The number of carbonyl (C=O) groups excluding carboxylic acids is 1. The number of pyridine rings is 1. The molecule has 2 aromatic heterocycles. The third-order valence-electron chi connectivity index (χ3n) is 6.06. The fourth-order valence-electron chi connectivity index (χ4n) is 5.83. The Hall–Kier alpha value is -1.95. The summed E-state index contributed by atoms with van der Waals surface area (Å²) in [6.07, 6.45) is 9.82. The zero-order valence-corrected chi connectivity index (χ0v) is 13.0. The van der Waals surface area contributed by atoms with E-state index in [9.17, 15) is 4.79 Å². The summed E-state index contributed by atoms with van der Waals surface area (Å²) in [7, 11) is 0. The lowest BCUT2D eigenvalue weighted by atomic mass is 9.50. The van der Waals surface area contributed by atoms with E-state index in [1.54, 1.807) is 18.6 Å². The molecule has 2 aromatic rings. The quantitative estimate of drug-likeness (QED) is 0.787. The van der Waals surface area contributed by atoms with Gasteiger partial charge in [0.2, 0.25) is 0 Å². The summed E-state index contributed by atoms with van der Waals surface area (Å²) in [4.78, 5) is 24.3. The second kappa shape index (κ2) is 4.32. The largest absolute Gasteiger partial charge is 0.346 e. The monoisotopic (exact) mass is 311 g/mol. The van der Waals surface area contributed by atoms with Crippen molar-refractivity contribution < 1.29 is 4.79 Å². The number of imidazole rings is 1. The first-order chi connectivity index (χ1) is 11.0. The van der Waals surface area contributed by atoms with E-state index in [1.807, 2.05) is 0 Å². The van der Waals surface area contributed by atoms with Crippen LogP contribution in [0.5, 0.6) is 0 Å². The van der Waals surface area contributed by atoms with E-state index in [1.165, 1.54) is 6.42 Å². The molecule has 0 unspecified atom stereocenters. The molecule has 4 aliphatic carbocycles. The first-order valence-corrected chi connectivity index (χ1v) is 8.44. The molecule has 6 heteroatoms. The molecule has 4 aliphatic rings. The van der Waals surface area contributed by atoms with E-state index < -0.39 is 0 Å². The van der Waals surface area contributed by atoms with Crippen LogP contribution in [0, 0.1) is 11.8 Å². The van der Waals surface area contributed by atoms with Crippen LogP contribution < -0.4 is 11.1 Å². The average Bonchev–Trinajstić information content (AvgIpc) is 2.91. The molecule has 0 aliphatic heterocycles. The fraction of sp³-hybridized carbons (Fsp3) is 0.588. The van der Waals surface area contributed by atoms with E-state index in [0.29, 0.717) is 28.6 Å². The Bertz CT molecular complexity index is 783. The number of hydrogen-bond acceptors (Lipinski definition) is 4. The molecule has 0 spiro atoms. The minimum Gasteiger partial charge on any atom is -0.346 e. The van der Waals surface area contributed by atoms with Crippen LogP contribution in [-0.4, -0.2) is 31.9 Å². The van der Waals surface area contributed by atoms with Crippen LogP contribution in [0.2, 0.25) is 0 Å². The van der Waals surface area contributed by atoms with Crippen molar-refractivity contribution in [2.45, 2.75) is 49.6 Å². The molecule has 2 atom stereocenters. The lowest BCUT2D eigenvalue weighted by Gasteiger charge is -2.61. The first-order valence-electron chi connectivity index (χ1n) is 8.44. The smallest absolute Gasteiger partial charge is 0.254 e. The van der Waals surface area contributed by atoms with Crippen LogP contribution in [0.25, 0.3) is 11.2 Å². The summed E-state index contributed by atoms with van der Waals surface area (Å²) in [5.41, 5.74) is 8.33. The molecule has 4 saturated carbocycles. The molecule has 120 valence electrons. The lowest BCUT2D eigenvalue weighted by molar-refractivity contribution is -0.0320. The molecule has 23 heavy (non-hydrogen) atoms. The molecule has 4 fully saturated rings. The highest BCUT2D eigenvalue weighted by molar-refractivity contribution is 6.04. The molecule has 0 radical (unpaired) electrons. The van der Waals surface area contributed by atoms with Gasteiger partial charge in [-0.25, -0.2) is 9.97 Å². The Balaban J connectivity index is 1.47. The molecular formula is C17H21N5O. The van der Waals surface area contributed by atoms with Gasteiger partial charge in [-0.1, -0.05) is 0 Å². The molecule has 0 saturated heterocycles. The summed E-state index contributed by atoms with van der Waals surface area (Å²) in [5.74, 6) is 1.31. The fourth-order valence-corrected chi connectivity index (χ4v) is 5.83. The number of nitrogens with two attached hydrogens (primary N) is 1. The highest BCUT2D eigenvalue weighted by Crippen LogP contribution is 2.56. The molecule has 1 amide bonds. The molecule has 2 heterocycles. The van der Waals surface area contributed by atoms with Crippen molar-refractivity contribution in [3.63, 3.8) is 0 Å². The van der Waals surface area contributed by atoms with Crippen LogP contribution in [0.15, 0.2) is 18.6 Å². The normalized spacial score (nSPS) is 38.1. The second-order valence-corrected chi connectivity index (χ2v) is 8.02. The van der Waals surface area contributed by atoms with Crippen molar-refractivity contribution in [1.29, 1.82) is 0 Å². The molecular weight excluding hydrogens is 290 g/mol. The molecule has 6 rings (SSSR count). The van der Waals surface area contributed by atoms with Gasteiger partial charge < -0.3 is 16.0 Å². The van der Waals surface area contributed by atoms with Crippen molar-refractivity contribution in [2.24, 2.45) is 17.6 Å². The van der Waals surface area contributed by atoms with Gasteiger partial charge in [0, 0.05) is 17.3 Å². The number of rotatable bonds is 2. The Morgan fingerprint density at radius 1 is 1.26 bits per heavy atom. The summed E-state index contributed by atoms with van der Waals surface area (Å²) >= 11 is 0. The number of aromatic nitrogens is 3. The van der Waals surface area contributed by atoms with Crippen molar-refractivity contribution >= 4 is 17.1 Å². The van der Waals surface area contributed by atoms with Gasteiger partial charge in [-0.2, -0.15) is 0 Å². The van der Waals surface area contributed by atoms with Gasteiger partial charge in [0.15, 0.2) is 5.65 Å². The van der Waals surface area contributed by atoms with Gasteiger partial charge in [-0.3, -0.25) is 4.79 Å². The number of H-pyrrole nitrogens is 1. The number of amides is 1. The van der Waals surface area contributed by atoms with E-state index in [0.717, 1.165) is 32.1 Å². The minimum absolute atomic E-state index is 0.0350. The summed E-state index contributed by atoms with van der Waals surface area (Å²) in [6.45, 7) is 0. The van der Waals surface area contributed by atoms with Gasteiger partial charge in [-0.15, -0.1) is 0 Å². The van der Waals surface area contributed by atoms with E-state index in [-0.39, 0.29) is 17.0 Å². The predicted molar refractivity (Wildman–Crippen MR) is 85.7 cm³/mol. The first kappa shape index (κ1) is 13.5. The van der Waals surface area contributed by atoms with Crippen LogP contribution in [-0.2, 0) is 0 Å². The highest BCUT2D eigenvalue weighted by atomic mass is 16.1. The summed E-state index contributed by atoms with van der Waals surface area (Å²) < 4.78 is 0. The van der Waals surface area contributed by atoms with Gasteiger partial charge in [0.25, 0.3) is 5.91 Å². The highest BCUT2D eigenvalue weighted by Gasteiger charge is 2.56. The summed E-state index contributed by atoms with van der Waals surface area (Å²) in [5, 5.41) is 3.35. The minimum atomic E-state index is -0.120. The molecule has 0 aromatic carbocycles. The predicted octanol–water partition coefficient (Wildman–Crippen LogP) is 1.74. The number of fused-ring (bicyclic) bond motifs is 1. The number of nitrogens with zero attached hydrogens (tertiary/aromatic N) is 2. The van der Waals surface area contributed by atoms with Gasteiger partial charge in [-0.05, 0) is 56.4 Å². The van der Waals surface area contributed by atoms with E-state index >= 15 is 0 Å². The standard InChI is InChI=1S/C17H21N5O/c18-16-4-10-3-11(5-16)7-17(6-10,8-16)22-15(23)12-1-2-19-14-13(12)20-9-21-14/h1-2,9-11H,3-8,18H2,(H,22,23)(H,19,20,21)/t10-,11-,16?,17?/m0/s1. The SMILES string of the molecule is NC12C[C@@H]3C[C@@H](C1)CC(NC(=O)c1ccnc4nc[nH]c14)(C3)C2. The number of aromatic amines is 1. The van der Waals surface area contributed by atoms with Crippen molar-refractivity contribution in [3.05, 3.63) is 24.2 Å². The average molecular weight is 311 g/mol. The number of carbonyl (C=O) groups is 1. The van der Waals surface area contributed by atoms with Crippen LogP contribution in [0.1, 0.15) is 48.9 Å². The maximum absolute atomic E-state index is 12.9. The molecule has 6 nitrogen and oxygen atoms in total. The third-order valence-corrected chi connectivity index (χ3v) is 6.06. The van der Waals surface area contributed by atoms with Crippen LogP contribution in [0.4, 0.5) is 0 Å². The molecule has 4 bridgehead atoms. The van der Waals surface area contributed by atoms with Gasteiger partial charge in [0.05, 0.1) is 17.4 Å². The zero-order valence-electron chi connectivity index (χ0n) is 13.0. The van der Waals surface area contributed by atoms with Crippen molar-refractivity contribution in [3.8, 4) is 0 Å². The molecule has 4 N–H and O–H groups in total. The van der Waals surface area contributed by atoms with Crippen molar-refractivity contribution in [2.75, 3.05) is 0 Å². The Morgan fingerprint density at radius 2 is 2.04 bits per heavy atom. The number of nitrogens with one attached hydrogen (secondary N) is 2. The Kier molecular flexibility index (Phi) is 2.53.